The van der Waals surface area contributed by atoms with Crippen LogP contribution in [0.15, 0.2) is 0 Å². The molecular weight excluding hydrogens is 234 g/mol. The van der Waals surface area contributed by atoms with Crippen LogP contribution < -0.4 is 5.73 Å². The molecule has 1 aliphatic carbocycles. The Bertz CT molecular complexity index is 250. The van der Waals surface area contributed by atoms with Gasteiger partial charge < -0.3 is 15.5 Å². The fourth-order valence-electron chi connectivity index (χ4n) is 3.96. The fourth-order valence-corrected chi connectivity index (χ4v) is 3.96. The molecule has 1 saturated carbocycles. The second-order valence-corrected chi connectivity index (χ2v) is 6.85. The van der Waals surface area contributed by atoms with Gasteiger partial charge in [0.15, 0.2) is 0 Å². The van der Waals surface area contributed by atoms with Crippen LogP contribution in [0.1, 0.15) is 51.4 Å². The third-order valence-corrected chi connectivity index (χ3v) is 5.40. The molecular formula is C16H33N3. The van der Waals surface area contributed by atoms with Crippen LogP contribution in [0.5, 0.6) is 0 Å². The molecule has 0 amide bonds. The van der Waals surface area contributed by atoms with Crippen molar-refractivity contribution in [1.29, 1.82) is 0 Å². The Balaban J connectivity index is 1.78. The summed E-state index contributed by atoms with van der Waals surface area (Å²) in [6, 6.07) is 1.35. The van der Waals surface area contributed by atoms with Gasteiger partial charge in [0.25, 0.3) is 0 Å². The average Bonchev–Trinajstić information content (AvgIpc) is 2.82. The molecule has 2 aliphatic rings. The van der Waals surface area contributed by atoms with Crippen molar-refractivity contribution in [3.63, 3.8) is 0 Å². The van der Waals surface area contributed by atoms with Crippen molar-refractivity contribution in [2.45, 2.75) is 63.5 Å². The summed E-state index contributed by atoms with van der Waals surface area (Å²) in [5, 5.41) is 0. The normalized spacial score (nSPS) is 28.1. The van der Waals surface area contributed by atoms with E-state index in [1.54, 1.807) is 0 Å². The number of likely N-dealkylation sites (tertiary alicyclic amines) is 1. The van der Waals surface area contributed by atoms with E-state index in [0.717, 1.165) is 18.5 Å². The first-order chi connectivity index (χ1) is 9.20. The van der Waals surface area contributed by atoms with Crippen molar-refractivity contribution >= 4 is 0 Å². The van der Waals surface area contributed by atoms with Gasteiger partial charge >= 0.3 is 0 Å². The Kier molecular flexibility index (Phi) is 6.11. The van der Waals surface area contributed by atoms with Crippen LogP contribution in [0, 0.1) is 5.92 Å². The Morgan fingerprint density at radius 1 is 1.16 bits per heavy atom. The average molecular weight is 267 g/mol. The lowest BCUT2D eigenvalue weighted by molar-refractivity contribution is 0.151. The minimum atomic E-state index is 0.595. The van der Waals surface area contributed by atoms with Gasteiger partial charge in [0.05, 0.1) is 0 Å². The minimum absolute atomic E-state index is 0.595. The van der Waals surface area contributed by atoms with E-state index in [2.05, 4.69) is 23.9 Å². The van der Waals surface area contributed by atoms with Gasteiger partial charge in [0.2, 0.25) is 0 Å². The lowest BCUT2D eigenvalue weighted by atomic mass is 9.84. The minimum Gasteiger partial charge on any atom is -0.329 e. The molecule has 1 saturated heterocycles. The molecule has 2 N–H and O–H groups in total. The quantitative estimate of drug-likeness (QED) is 0.801. The molecule has 2 unspecified atom stereocenters. The maximum atomic E-state index is 6.04. The molecule has 2 fully saturated rings. The van der Waals surface area contributed by atoms with Gasteiger partial charge in [-0.2, -0.15) is 0 Å². The Labute approximate surface area is 119 Å². The fraction of sp³-hybridized carbons (Fsp3) is 1.00. The highest BCUT2D eigenvalue weighted by Gasteiger charge is 2.26. The zero-order valence-corrected chi connectivity index (χ0v) is 13.0. The number of nitrogens with two attached hydrogens (primary N) is 1. The van der Waals surface area contributed by atoms with Crippen molar-refractivity contribution in [2.24, 2.45) is 11.7 Å². The van der Waals surface area contributed by atoms with Crippen molar-refractivity contribution < 1.29 is 0 Å². The summed E-state index contributed by atoms with van der Waals surface area (Å²) in [5.41, 5.74) is 6.04. The first-order valence-corrected chi connectivity index (χ1v) is 8.31. The molecule has 19 heavy (non-hydrogen) atoms. The Morgan fingerprint density at radius 2 is 1.89 bits per heavy atom. The van der Waals surface area contributed by atoms with E-state index in [9.17, 15) is 0 Å². The highest BCUT2D eigenvalue weighted by atomic mass is 15.2. The first-order valence-electron chi connectivity index (χ1n) is 8.31. The molecule has 2 atom stereocenters. The molecule has 0 aromatic carbocycles. The van der Waals surface area contributed by atoms with Crippen LogP contribution in [-0.2, 0) is 0 Å². The van der Waals surface area contributed by atoms with Crippen LogP contribution in [0.2, 0.25) is 0 Å². The van der Waals surface area contributed by atoms with Crippen LogP contribution in [0.4, 0.5) is 0 Å². The number of hydrogen-bond acceptors (Lipinski definition) is 3. The maximum absolute atomic E-state index is 6.04. The van der Waals surface area contributed by atoms with Crippen LogP contribution >= 0.6 is 0 Å². The van der Waals surface area contributed by atoms with E-state index in [1.165, 1.54) is 64.5 Å². The van der Waals surface area contributed by atoms with Gasteiger partial charge in [-0.05, 0) is 45.8 Å². The van der Waals surface area contributed by atoms with Crippen molar-refractivity contribution in [3.05, 3.63) is 0 Å². The molecule has 1 heterocycles. The van der Waals surface area contributed by atoms with Crippen LogP contribution in [0.25, 0.3) is 0 Å². The van der Waals surface area contributed by atoms with E-state index in [0.29, 0.717) is 6.04 Å². The van der Waals surface area contributed by atoms with E-state index in [-0.39, 0.29) is 0 Å². The highest BCUT2D eigenvalue weighted by Crippen LogP contribution is 2.28. The molecule has 1 aliphatic heterocycles. The van der Waals surface area contributed by atoms with E-state index in [4.69, 9.17) is 5.73 Å². The monoisotopic (exact) mass is 267 g/mol. The summed E-state index contributed by atoms with van der Waals surface area (Å²) in [5.74, 6) is 0.936. The predicted octanol–water partition coefficient (Wildman–Crippen LogP) is 2.31. The number of rotatable bonds is 6. The molecule has 3 heteroatoms. The van der Waals surface area contributed by atoms with Gasteiger partial charge in [-0.15, -0.1) is 0 Å². The summed E-state index contributed by atoms with van der Waals surface area (Å²) in [6.45, 7) is 3.29. The highest BCUT2D eigenvalue weighted by molar-refractivity contribution is 4.83. The summed E-state index contributed by atoms with van der Waals surface area (Å²) >= 11 is 0. The number of nitrogens with zero attached hydrogens (tertiary/aromatic N) is 2. The van der Waals surface area contributed by atoms with Crippen molar-refractivity contribution in [1.82, 2.24) is 9.80 Å². The Morgan fingerprint density at radius 3 is 2.47 bits per heavy atom. The van der Waals surface area contributed by atoms with Crippen LogP contribution in [0.3, 0.4) is 0 Å². The molecule has 2 rings (SSSR count). The molecule has 0 bridgehead atoms. The molecule has 0 spiro atoms. The van der Waals surface area contributed by atoms with Gasteiger partial charge in [0.1, 0.15) is 0 Å². The summed E-state index contributed by atoms with van der Waals surface area (Å²) in [7, 11) is 4.55. The Hall–Kier alpha value is -0.120. The standard InChI is InChI=1S/C16H33N3/c1-18-10-6-9-15(18)13-19(2)16(12-17)11-14-7-4-3-5-8-14/h14-16H,3-13,17H2,1-2H3. The number of likely N-dealkylation sites (N-methyl/N-ethyl adjacent to an activating group) is 2. The molecule has 0 radical (unpaired) electrons. The van der Waals surface area contributed by atoms with Crippen molar-refractivity contribution in [3.8, 4) is 0 Å². The van der Waals surface area contributed by atoms with E-state index < -0.39 is 0 Å². The largest absolute Gasteiger partial charge is 0.329 e. The predicted molar refractivity (Wildman–Crippen MR) is 82.3 cm³/mol. The van der Waals surface area contributed by atoms with Gasteiger partial charge in [-0.3, -0.25) is 0 Å². The second kappa shape index (κ2) is 7.61. The van der Waals surface area contributed by atoms with E-state index in [1.807, 2.05) is 0 Å². The molecule has 0 aromatic heterocycles. The van der Waals surface area contributed by atoms with Crippen molar-refractivity contribution in [2.75, 3.05) is 33.7 Å². The third-order valence-electron chi connectivity index (χ3n) is 5.40. The third kappa shape index (κ3) is 4.44. The molecule has 112 valence electrons. The zero-order valence-electron chi connectivity index (χ0n) is 13.0. The topological polar surface area (TPSA) is 32.5 Å². The van der Waals surface area contributed by atoms with E-state index >= 15 is 0 Å². The van der Waals surface area contributed by atoms with Gasteiger partial charge in [-0.25, -0.2) is 0 Å². The van der Waals surface area contributed by atoms with Gasteiger partial charge in [-0.1, -0.05) is 32.1 Å². The summed E-state index contributed by atoms with van der Waals surface area (Å²) in [6.07, 6.45) is 11.3. The lowest BCUT2D eigenvalue weighted by Crippen LogP contribution is -2.45. The zero-order chi connectivity index (χ0) is 13.7. The SMILES string of the molecule is CN1CCCC1CN(C)C(CN)CC1CCCCC1. The lowest BCUT2D eigenvalue weighted by Gasteiger charge is -2.34. The molecule has 3 nitrogen and oxygen atoms in total. The summed E-state index contributed by atoms with van der Waals surface area (Å²) < 4.78 is 0. The smallest absolute Gasteiger partial charge is 0.0220 e. The van der Waals surface area contributed by atoms with Crippen LogP contribution in [-0.4, -0.2) is 55.6 Å². The first kappa shape index (κ1) is 15.3. The maximum Gasteiger partial charge on any atom is 0.0220 e. The van der Waals surface area contributed by atoms with Gasteiger partial charge in [0, 0.05) is 25.2 Å². The number of hydrogen-bond donors (Lipinski definition) is 1. The second-order valence-electron chi connectivity index (χ2n) is 6.85. The summed E-state index contributed by atoms with van der Waals surface area (Å²) in [4.78, 5) is 5.06. The molecule has 0 aromatic rings.